The van der Waals surface area contributed by atoms with E-state index in [-0.39, 0.29) is 17.9 Å². The van der Waals surface area contributed by atoms with E-state index in [0.717, 1.165) is 73.3 Å². The van der Waals surface area contributed by atoms with Crippen molar-refractivity contribution in [3.8, 4) is 5.75 Å². The first-order chi connectivity index (χ1) is 19.9. The molecule has 41 heavy (non-hydrogen) atoms. The summed E-state index contributed by atoms with van der Waals surface area (Å²) in [7, 11) is 0. The molecule has 1 fully saturated rings. The lowest BCUT2D eigenvalue weighted by Gasteiger charge is -2.34. The first-order valence-corrected chi connectivity index (χ1v) is 14.6. The maximum atomic E-state index is 7.90. The van der Waals surface area contributed by atoms with Gasteiger partial charge in [-0.05, 0) is 63.9 Å². The number of piperidine rings is 1. The molecule has 2 aromatic carbocycles. The van der Waals surface area contributed by atoms with Crippen molar-refractivity contribution in [3.63, 3.8) is 0 Å². The van der Waals surface area contributed by atoms with Gasteiger partial charge in [-0.25, -0.2) is 4.99 Å². The lowest BCUT2D eigenvalue weighted by atomic mass is 10.0. The number of amidine groups is 3. The average molecular weight is 555 g/mol. The molecule has 3 heterocycles. The van der Waals surface area contributed by atoms with E-state index in [9.17, 15) is 0 Å². The molecule has 3 aliphatic rings. The monoisotopic (exact) mass is 554 g/mol. The summed E-state index contributed by atoms with van der Waals surface area (Å²) in [5.74, 6) is 2.71. The Bertz CT molecular complexity index is 1330. The molecule has 4 N–H and O–H groups in total. The highest BCUT2D eigenvalue weighted by atomic mass is 16.5. The fourth-order valence-corrected chi connectivity index (χ4v) is 5.78. The van der Waals surface area contributed by atoms with Crippen LogP contribution in [-0.4, -0.2) is 84.4 Å². The van der Waals surface area contributed by atoms with Crippen molar-refractivity contribution in [3.05, 3.63) is 71.3 Å². The van der Waals surface area contributed by atoms with Crippen molar-refractivity contribution < 1.29 is 4.74 Å². The van der Waals surface area contributed by atoms with Gasteiger partial charge in [0.2, 0.25) is 0 Å². The number of benzene rings is 2. The van der Waals surface area contributed by atoms with E-state index in [1.165, 1.54) is 11.8 Å². The summed E-state index contributed by atoms with van der Waals surface area (Å²) in [6, 6.07) is 17.2. The molecule has 0 aromatic heterocycles. The van der Waals surface area contributed by atoms with Gasteiger partial charge in [-0.15, -0.1) is 0 Å². The van der Waals surface area contributed by atoms with Gasteiger partial charge in [-0.3, -0.25) is 15.3 Å². The summed E-state index contributed by atoms with van der Waals surface area (Å²) in [6.45, 7) is 10.8. The van der Waals surface area contributed by atoms with Gasteiger partial charge in [0.05, 0.1) is 12.1 Å². The van der Waals surface area contributed by atoms with E-state index in [1.54, 1.807) is 6.92 Å². The van der Waals surface area contributed by atoms with Crippen molar-refractivity contribution in [1.29, 1.82) is 10.8 Å². The highest BCUT2D eigenvalue weighted by Gasteiger charge is 2.33. The zero-order chi connectivity index (χ0) is 28.8. The zero-order valence-corrected chi connectivity index (χ0v) is 24.4. The number of allylic oxidation sites excluding steroid dienone is 1. The van der Waals surface area contributed by atoms with E-state index in [4.69, 9.17) is 20.5 Å². The summed E-state index contributed by atoms with van der Waals surface area (Å²) in [4.78, 5) is 14.3. The molecular weight excluding hydrogens is 512 g/mol. The third kappa shape index (κ3) is 7.21. The fraction of sp³-hybridized carbons (Fsp3) is 0.438. The van der Waals surface area contributed by atoms with Gasteiger partial charge in [0, 0.05) is 49.2 Å². The molecule has 1 saturated heterocycles. The molecule has 9 nitrogen and oxygen atoms in total. The highest BCUT2D eigenvalue weighted by Crippen LogP contribution is 2.30. The Hall–Kier alpha value is -3.98. The van der Waals surface area contributed by atoms with E-state index in [2.05, 4.69) is 87.8 Å². The maximum Gasteiger partial charge on any atom is 0.135 e. The first-order valence-electron chi connectivity index (χ1n) is 14.6. The van der Waals surface area contributed by atoms with E-state index in [1.807, 2.05) is 6.08 Å². The van der Waals surface area contributed by atoms with Gasteiger partial charge >= 0.3 is 0 Å². The van der Waals surface area contributed by atoms with Crippen molar-refractivity contribution in [2.24, 2.45) is 9.98 Å². The largest absolute Gasteiger partial charge is 0.491 e. The van der Waals surface area contributed by atoms with Gasteiger partial charge in [0.25, 0.3) is 0 Å². The van der Waals surface area contributed by atoms with Crippen LogP contribution in [0.1, 0.15) is 50.3 Å². The van der Waals surface area contributed by atoms with Crippen LogP contribution >= 0.6 is 0 Å². The van der Waals surface area contributed by atoms with Crippen LogP contribution in [0.3, 0.4) is 0 Å². The molecule has 0 bridgehead atoms. The normalized spacial score (nSPS) is 21.4. The Kier molecular flexibility index (Phi) is 9.14. The predicted molar refractivity (Wildman–Crippen MR) is 168 cm³/mol. The highest BCUT2D eigenvalue weighted by molar-refractivity contribution is 6.07. The second-order valence-electron chi connectivity index (χ2n) is 11.3. The number of aliphatic imine (C=N–C) groups is 2. The topological polar surface area (TPSA) is 112 Å². The summed E-state index contributed by atoms with van der Waals surface area (Å²) < 4.78 is 6.23. The Balaban J connectivity index is 1.34. The van der Waals surface area contributed by atoms with E-state index >= 15 is 0 Å². The van der Waals surface area contributed by atoms with Gasteiger partial charge < -0.3 is 25.7 Å². The Labute approximate surface area is 243 Å². The van der Waals surface area contributed by atoms with Crippen LogP contribution in [0.5, 0.6) is 5.75 Å². The Morgan fingerprint density at radius 2 is 2.00 bits per heavy atom. The van der Waals surface area contributed by atoms with Gasteiger partial charge in [0.1, 0.15) is 35.9 Å². The van der Waals surface area contributed by atoms with Crippen LogP contribution in [0.15, 0.2) is 64.6 Å². The number of rotatable bonds is 8. The van der Waals surface area contributed by atoms with Crippen LogP contribution in [0.2, 0.25) is 0 Å². The number of nitrogens with one attached hydrogen (secondary N) is 4. The van der Waals surface area contributed by atoms with Gasteiger partial charge in [-0.2, -0.15) is 0 Å². The first kappa shape index (κ1) is 28.5. The number of ether oxygens (including phenoxy) is 1. The molecule has 2 atom stereocenters. The van der Waals surface area contributed by atoms with Crippen LogP contribution in [0.4, 0.5) is 0 Å². The van der Waals surface area contributed by atoms with E-state index in [0.29, 0.717) is 19.2 Å². The molecule has 216 valence electrons. The van der Waals surface area contributed by atoms with E-state index < -0.39 is 0 Å². The van der Waals surface area contributed by atoms with Crippen molar-refractivity contribution >= 4 is 29.4 Å². The molecular formula is C32H42N8O. The lowest BCUT2D eigenvalue weighted by Crippen LogP contribution is -2.44. The molecule has 0 aliphatic carbocycles. The number of nitrogens with zero attached hydrogens (tertiary/aromatic N) is 4. The number of hydrogen-bond donors (Lipinski definition) is 4. The SMILES string of the molecule is CC(=N)/N=C(\NC(C)C)C1CN2CCOc3cc(/C(=C/C=N)NC4CCCN(Cc5ccccc5)C4)ccc3C2=N1. The number of fused-ring (bicyclic) bond motifs is 3. The quantitative estimate of drug-likeness (QED) is 0.289. The van der Waals surface area contributed by atoms with Crippen LogP contribution in [-0.2, 0) is 6.54 Å². The second kappa shape index (κ2) is 13.1. The molecule has 0 amide bonds. The second-order valence-corrected chi connectivity index (χ2v) is 11.3. The minimum absolute atomic E-state index is 0.154. The summed E-state index contributed by atoms with van der Waals surface area (Å²) in [5.41, 5.74) is 4.23. The van der Waals surface area contributed by atoms with Gasteiger partial charge in [-0.1, -0.05) is 36.4 Å². The van der Waals surface area contributed by atoms with Crippen molar-refractivity contribution in [1.82, 2.24) is 20.4 Å². The molecule has 2 aromatic rings. The van der Waals surface area contributed by atoms with Crippen molar-refractivity contribution in [2.75, 3.05) is 32.8 Å². The van der Waals surface area contributed by atoms with Crippen LogP contribution in [0, 0.1) is 10.8 Å². The Morgan fingerprint density at radius 1 is 1.17 bits per heavy atom. The smallest absolute Gasteiger partial charge is 0.135 e. The summed E-state index contributed by atoms with van der Waals surface area (Å²) in [6.07, 6.45) is 5.42. The van der Waals surface area contributed by atoms with Crippen LogP contribution in [0.25, 0.3) is 5.70 Å². The molecule has 0 radical (unpaired) electrons. The predicted octanol–water partition coefficient (Wildman–Crippen LogP) is 4.15. The molecule has 0 saturated carbocycles. The standard InChI is InChI=1S/C32H42N8O/c1-22(2)35-31(36-23(3)34)29-21-40-16-17-41-30-18-25(11-12-27(30)32(40)38-29)28(13-14-33)37-26-10-7-15-39(20-26)19-24-8-5-4-6-9-24/h4-6,8-9,11-14,18,22,26,29,33,37H,7,10,15-17,19-21H2,1-3H3,(H2,34,35,36)/b28-13-,33-14?. The number of likely N-dealkylation sites (tertiary alicyclic amines) is 1. The van der Waals surface area contributed by atoms with Crippen LogP contribution < -0.4 is 15.4 Å². The number of hydrogen-bond acceptors (Lipinski definition) is 7. The third-order valence-electron chi connectivity index (χ3n) is 7.53. The Morgan fingerprint density at radius 3 is 2.76 bits per heavy atom. The fourth-order valence-electron chi connectivity index (χ4n) is 5.78. The average Bonchev–Trinajstić information content (AvgIpc) is 3.29. The molecule has 5 rings (SSSR count). The third-order valence-corrected chi connectivity index (χ3v) is 7.53. The molecule has 3 aliphatic heterocycles. The summed E-state index contributed by atoms with van der Waals surface area (Å²) in [5, 5.41) is 22.9. The molecule has 0 spiro atoms. The lowest BCUT2D eigenvalue weighted by molar-refractivity contribution is 0.192. The molecule has 9 heteroatoms. The summed E-state index contributed by atoms with van der Waals surface area (Å²) >= 11 is 0. The minimum atomic E-state index is -0.154. The zero-order valence-electron chi connectivity index (χ0n) is 24.4. The maximum absolute atomic E-state index is 7.90. The van der Waals surface area contributed by atoms with Gasteiger partial charge in [0.15, 0.2) is 0 Å². The minimum Gasteiger partial charge on any atom is -0.491 e. The van der Waals surface area contributed by atoms with Crippen molar-refractivity contribution in [2.45, 2.75) is 58.3 Å². The molecule has 2 unspecified atom stereocenters.